The van der Waals surface area contributed by atoms with Crippen molar-refractivity contribution in [3.63, 3.8) is 0 Å². The number of halogens is 3. The Morgan fingerprint density at radius 3 is 2.68 bits per heavy atom. The fraction of sp³-hybridized carbons (Fsp3) is 0.188. The molecule has 0 aliphatic carbocycles. The van der Waals surface area contributed by atoms with Crippen LogP contribution in [-0.2, 0) is 11.3 Å². The van der Waals surface area contributed by atoms with Crippen LogP contribution in [-0.4, -0.2) is 24.5 Å². The van der Waals surface area contributed by atoms with E-state index in [0.717, 1.165) is 0 Å². The number of carbonyl (C=O) groups excluding carboxylic acids is 1. The van der Waals surface area contributed by atoms with Gasteiger partial charge in [0.2, 0.25) is 0 Å². The third kappa shape index (κ3) is 4.53. The second kappa shape index (κ2) is 7.35. The van der Waals surface area contributed by atoms with Gasteiger partial charge in [0, 0.05) is 18.1 Å². The molecule has 0 atom stereocenters. The SMILES string of the molecule is CN(Cc1cccc(F)c1)C(=O)COc1ccc(Br)cc1F. The molecule has 1 amide bonds. The molecule has 2 aromatic rings. The van der Waals surface area contributed by atoms with Gasteiger partial charge in [-0.1, -0.05) is 28.1 Å². The van der Waals surface area contributed by atoms with Gasteiger partial charge < -0.3 is 9.64 Å². The van der Waals surface area contributed by atoms with Crippen molar-refractivity contribution < 1.29 is 18.3 Å². The van der Waals surface area contributed by atoms with Crippen molar-refractivity contribution in [2.45, 2.75) is 6.54 Å². The lowest BCUT2D eigenvalue weighted by Gasteiger charge is -2.17. The van der Waals surface area contributed by atoms with Gasteiger partial charge in [0.15, 0.2) is 18.2 Å². The molecule has 116 valence electrons. The van der Waals surface area contributed by atoms with Gasteiger partial charge in [0.1, 0.15) is 5.82 Å². The summed E-state index contributed by atoms with van der Waals surface area (Å²) in [4.78, 5) is 13.4. The van der Waals surface area contributed by atoms with E-state index < -0.39 is 5.82 Å². The molecule has 3 nitrogen and oxygen atoms in total. The largest absolute Gasteiger partial charge is 0.481 e. The highest BCUT2D eigenvalue weighted by Crippen LogP contribution is 2.21. The molecule has 0 aliphatic rings. The van der Waals surface area contributed by atoms with Crippen LogP contribution in [0.1, 0.15) is 5.56 Å². The smallest absolute Gasteiger partial charge is 0.260 e. The Kier molecular flexibility index (Phi) is 5.49. The molecule has 0 heterocycles. The molecule has 22 heavy (non-hydrogen) atoms. The van der Waals surface area contributed by atoms with Gasteiger partial charge in [-0.15, -0.1) is 0 Å². The maximum Gasteiger partial charge on any atom is 0.260 e. The summed E-state index contributed by atoms with van der Waals surface area (Å²) in [6.07, 6.45) is 0. The first-order valence-electron chi connectivity index (χ1n) is 6.52. The van der Waals surface area contributed by atoms with E-state index in [1.165, 1.54) is 29.2 Å². The van der Waals surface area contributed by atoms with E-state index in [2.05, 4.69) is 15.9 Å². The lowest BCUT2D eigenvalue weighted by atomic mass is 10.2. The van der Waals surface area contributed by atoms with Crippen LogP contribution in [0.15, 0.2) is 46.9 Å². The summed E-state index contributed by atoms with van der Waals surface area (Å²) in [7, 11) is 1.58. The number of hydrogen-bond donors (Lipinski definition) is 0. The minimum atomic E-state index is -0.546. The molecule has 0 saturated heterocycles. The van der Waals surface area contributed by atoms with Crippen molar-refractivity contribution >= 4 is 21.8 Å². The average molecular weight is 370 g/mol. The fourth-order valence-corrected chi connectivity index (χ4v) is 2.17. The monoisotopic (exact) mass is 369 g/mol. The number of rotatable bonds is 5. The molecule has 0 N–H and O–H groups in total. The van der Waals surface area contributed by atoms with E-state index in [0.29, 0.717) is 10.0 Å². The summed E-state index contributed by atoms with van der Waals surface area (Å²) < 4.78 is 32.4. The fourth-order valence-electron chi connectivity index (χ4n) is 1.84. The summed E-state index contributed by atoms with van der Waals surface area (Å²) in [5.74, 6) is -1.22. The highest BCUT2D eigenvalue weighted by Gasteiger charge is 2.12. The molecule has 0 fully saturated rings. The van der Waals surface area contributed by atoms with Gasteiger partial charge in [-0.2, -0.15) is 0 Å². The van der Waals surface area contributed by atoms with E-state index in [9.17, 15) is 13.6 Å². The van der Waals surface area contributed by atoms with Gasteiger partial charge in [0.25, 0.3) is 5.91 Å². The number of nitrogens with zero attached hydrogens (tertiary/aromatic N) is 1. The lowest BCUT2D eigenvalue weighted by molar-refractivity contribution is -0.132. The Labute approximate surface area is 135 Å². The zero-order valence-corrected chi connectivity index (χ0v) is 13.4. The molecule has 6 heteroatoms. The molecule has 0 radical (unpaired) electrons. The molecule has 0 spiro atoms. The first-order chi connectivity index (χ1) is 10.5. The minimum absolute atomic E-state index is 0.00991. The molecule has 0 unspecified atom stereocenters. The zero-order chi connectivity index (χ0) is 16.1. The molecule has 0 saturated carbocycles. The molecular formula is C16H14BrF2NO2. The van der Waals surface area contributed by atoms with Crippen molar-refractivity contribution in [2.24, 2.45) is 0 Å². The normalized spacial score (nSPS) is 10.4. The third-order valence-electron chi connectivity index (χ3n) is 2.98. The van der Waals surface area contributed by atoms with Crippen molar-refractivity contribution in [2.75, 3.05) is 13.7 Å². The summed E-state index contributed by atoms with van der Waals surface area (Å²) in [5.41, 5.74) is 0.672. The second-order valence-corrected chi connectivity index (χ2v) is 5.66. The van der Waals surface area contributed by atoms with E-state index >= 15 is 0 Å². The topological polar surface area (TPSA) is 29.5 Å². The Morgan fingerprint density at radius 2 is 2.00 bits per heavy atom. The maximum absolute atomic E-state index is 13.6. The quantitative estimate of drug-likeness (QED) is 0.802. The van der Waals surface area contributed by atoms with Crippen molar-refractivity contribution in [1.82, 2.24) is 4.90 Å². The van der Waals surface area contributed by atoms with Crippen LogP contribution in [0.5, 0.6) is 5.75 Å². The third-order valence-corrected chi connectivity index (χ3v) is 3.47. The summed E-state index contributed by atoms with van der Waals surface area (Å²) in [6.45, 7) is -0.0346. The Morgan fingerprint density at radius 1 is 1.23 bits per heavy atom. The van der Waals surface area contributed by atoms with Crippen molar-refractivity contribution in [1.29, 1.82) is 0 Å². The summed E-state index contributed by atoms with van der Waals surface area (Å²) >= 11 is 3.14. The number of likely N-dealkylation sites (N-methyl/N-ethyl adjacent to an activating group) is 1. The van der Waals surface area contributed by atoms with Gasteiger partial charge in [-0.3, -0.25) is 4.79 Å². The van der Waals surface area contributed by atoms with Crippen molar-refractivity contribution in [3.05, 3.63) is 64.1 Å². The van der Waals surface area contributed by atoms with Crippen LogP contribution in [0.25, 0.3) is 0 Å². The van der Waals surface area contributed by atoms with Gasteiger partial charge in [-0.05, 0) is 35.9 Å². The second-order valence-electron chi connectivity index (χ2n) is 4.74. The Bertz CT molecular complexity index is 679. The molecule has 0 bridgehead atoms. The lowest BCUT2D eigenvalue weighted by Crippen LogP contribution is -2.31. The number of amides is 1. The molecule has 0 aliphatic heterocycles. The average Bonchev–Trinajstić information content (AvgIpc) is 2.46. The number of ether oxygens (including phenoxy) is 1. The van der Waals surface area contributed by atoms with E-state index in [-0.39, 0.29) is 30.6 Å². The Hall–Kier alpha value is -1.95. The number of benzene rings is 2. The van der Waals surface area contributed by atoms with Crippen LogP contribution < -0.4 is 4.74 Å². The maximum atomic E-state index is 13.6. The van der Waals surface area contributed by atoms with Crippen LogP contribution in [0, 0.1) is 11.6 Å². The number of carbonyl (C=O) groups is 1. The molecule has 2 rings (SSSR count). The molecule has 2 aromatic carbocycles. The van der Waals surface area contributed by atoms with E-state index in [4.69, 9.17) is 4.74 Å². The van der Waals surface area contributed by atoms with Gasteiger partial charge in [-0.25, -0.2) is 8.78 Å². The zero-order valence-electron chi connectivity index (χ0n) is 11.9. The standard InChI is InChI=1S/C16H14BrF2NO2/c1-20(9-11-3-2-4-13(18)7-11)16(21)10-22-15-6-5-12(17)8-14(15)19/h2-8H,9-10H2,1H3. The predicted molar refractivity (Wildman–Crippen MR) is 82.5 cm³/mol. The highest BCUT2D eigenvalue weighted by atomic mass is 79.9. The molecule has 0 aromatic heterocycles. The van der Waals surface area contributed by atoms with Gasteiger partial charge >= 0.3 is 0 Å². The predicted octanol–water partition coefficient (Wildman–Crippen LogP) is 3.76. The number of hydrogen-bond acceptors (Lipinski definition) is 2. The highest BCUT2D eigenvalue weighted by molar-refractivity contribution is 9.10. The van der Waals surface area contributed by atoms with Crippen LogP contribution in [0.4, 0.5) is 8.78 Å². The first kappa shape index (κ1) is 16.4. The van der Waals surface area contributed by atoms with Gasteiger partial charge in [0.05, 0.1) is 0 Å². The first-order valence-corrected chi connectivity index (χ1v) is 7.31. The molecular weight excluding hydrogens is 356 g/mol. The summed E-state index contributed by atoms with van der Waals surface area (Å²) in [5, 5.41) is 0. The van der Waals surface area contributed by atoms with Crippen LogP contribution >= 0.6 is 15.9 Å². The van der Waals surface area contributed by atoms with E-state index in [1.807, 2.05) is 0 Å². The van der Waals surface area contributed by atoms with Crippen LogP contribution in [0.3, 0.4) is 0 Å². The van der Waals surface area contributed by atoms with Crippen LogP contribution in [0.2, 0.25) is 0 Å². The summed E-state index contributed by atoms with van der Waals surface area (Å²) in [6, 6.07) is 10.3. The minimum Gasteiger partial charge on any atom is -0.481 e. The van der Waals surface area contributed by atoms with E-state index in [1.54, 1.807) is 25.2 Å². The van der Waals surface area contributed by atoms with Crippen molar-refractivity contribution in [3.8, 4) is 5.75 Å². The Balaban J connectivity index is 1.91.